The first kappa shape index (κ1) is 15.9. The number of guanidine groups is 1. The van der Waals surface area contributed by atoms with Gasteiger partial charge in [-0.1, -0.05) is 36.5 Å². The average Bonchev–Trinajstić information content (AvgIpc) is 3.08. The van der Waals surface area contributed by atoms with Crippen LogP contribution in [0.15, 0.2) is 35.3 Å². The number of nitrogens with zero attached hydrogens (tertiary/aromatic N) is 4. The minimum atomic E-state index is 0.587. The molecule has 0 saturated carbocycles. The van der Waals surface area contributed by atoms with Gasteiger partial charge in [0.25, 0.3) is 0 Å². The van der Waals surface area contributed by atoms with Crippen molar-refractivity contribution in [2.45, 2.75) is 39.2 Å². The number of piperidine rings is 1. The smallest absolute Gasteiger partial charge is 0.198 e. The van der Waals surface area contributed by atoms with E-state index >= 15 is 0 Å². The molecule has 2 aromatic rings. The number of hydrogen-bond acceptors (Lipinski definition) is 4. The van der Waals surface area contributed by atoms with Gasteiger partial charge < -0.3 is 10.2 Å². The SMILES string of the molecule is CCc1nnc(CN=C(Nc2ccccc2)N2CCCCC2)s1. The first-order chi connectivity index (χ1) is 11.3. The number of benzene rings is 1. The van der Waals surface area contributed by atoms with E-state index in [1.165, 1.54) is 19.3 Å². The summed E-state index contributed by atoms with van der Waals surface area (Å²) in [4.78, 5) is 7.15. The van der Waals surface area contributed by atoms with Crippen LogP contribution in [-0.4, -0.2) is 34.1 Å². The summed E-state index contributed by atoms with van der Waals surface area (Å²) in [6.07, 6.45) is 4.70. The maximum Gasteiger partial charge on any atom is 0.198 e. The van der Waals surface area contributed by atoms with Crippen LogP contribution in [0.1, 0.15) is 36.2 Å². The van der Waals surface area contributed by atoms with Gasteiger partial charge in [-0.25, -0.2) is 4.99 Å². The monoisotopic (exact) mass is 329 g/mol. The van der Waals surface area contributed by atoms with Gasteiger partial charge in [-0.2, -0.15) is 0 Å². The topological polar surface area (TPSA) is 53.4 Å². The molecule has 23 heavy (non-hydrogen) atoms. The Hall–Kier alpha value is -1.95. The second-order valence-corrected chi connectivity index (χ2v) is 6.77. The Kier molecular flexibility index (Phi) is 5.58. The number of aromatic nitrogens is 2. The lowest BCUT2D eigenvalue weighted by Gasteiger charge is -2.30. The van der Waals surface area contributed by atoms with E-state index in [-0.39, 0.29) is 0 Å². The van der Waals surface area contributed by atoms with Crippen molar-refractivity contribution >= 4 is 23.0 Å². The molecule has 1 N–H and O–H groups in total. The van der Waals surface area contributed by atoms with E-state index in [1.807, 2.05) is 18.2 Å². The quantitative estimate of drug-likeness (QED) is 0.688. The third-order valence-corrected chi connectivity index (χ3v) is 4.91. The third kappa shape index (κ3) is 4.51. The average molecular weight is 329 g/mol. The standard InChI is InChI=1S/C17H23N5S/c1-2-15-20-21-16(23-15)13-18-17(22-11-7-4-8-12-22)19-14-9-5-3-6-10-14/h3,5-6,9-10H,2,4,7-8,11-13H2,1H3,(H,18,19). The van der Waals surface area contributed by atoms with E-state index in [0.29, 0.717) is 6.54 Å². The molecule has 1 aromatic heterocycles. The van der Waals surface area contributed by atoms with Gasteiger partial charge in [0.05, 0.1) is 6.54 Å². The van der Waals surface area contributed by atoms with Gasteiger partial charge in [0.1, 0.15) is 10.0 Å². The van der Waals surface area contributed by atoms with Crippen molar-refractivity contribution in [1.29, 1.82) is 0 Å². The predicted molar refractivity (Wildman–Crippen MR) is 95.9 cm³/mol. The van der Waals surface area contributed by atoms with Crippen LogP contribution >= 0.6 is 11.3 Å². The van der Waals surface area contributed by atoms with Crippen molar-refractivity contribution in [1.82, 2.24) is 15.1 Å². The fraction of sp³-hybridized carbons (Fsp3) is 0.471. The highest BCUT2D eigenvalue weighted by molar-refractivity contribution is 7.11. The van der Waals surface area contributed by atoms with E-state index in [4.69, 9.17) is 4.99 Å². The summed E-state index contributed by atoms with van der Waals surface area (Å²) in [5, 5.41) is 13.9. The zero-order chi connectivity index (χ0) is 15.9. The molecule has 1 aliphatic rings. The number of aliphatic imine (C=N–C) groups is 1. The molecule has 0 radical (unpaired) electrons. The molecular weight excluding hydrogens is 306 g/mol. The Morgan fingerprint density at radius 3 is 2.57 bits per heavy atom. The summed E-state index contributed by atoms with van der Waals surface area (Å²) in [5.74, 6) is 0.948. The minimum absolute atomic E-state index is 0.587. The van der Waals surface area contributed by atoms with E-state index in [2.05, 4.69) is 39.5 Å². The Labute approximate surface area is 141 Å². The minimum Gasteiger partial charge on any atom is -0.343 e. The molecule has 0 atom stereocenters. The molecule has 1 aromatic carbocycles. The van der Waals surface area contributed by atoms with Crippen LogP contribution in [0.2, 0.25) is 0 Å². The fourth-order valence-electron chi connectivity index (χ4n) is 2.61. The molecule has 5 nitrogen and oxygen atoms in total. The molecule has 122 valence electrons. The second-order valence-electron chi connectivity index (χ2n) is 5.62. The Morgan fingerprint density at radius 2 is 1.87 bits per heavy atom. The highest BCUT2D eigenvalue weighted by atomic mass is 32.1. The number of anilines is 1. The molecule has 0 aliphatic carbocycles. The lowest BCUT2D eigenvalue weighted by atomic mass is 10.1. The zero-order valence-electron chi connectivity index (χ0n) is 13.5. The number of nitrogens with one attached hydrogen (secondary N) is 1. The summed E-state index contributed by atoms with van der Waals surface area (Å²) >= 11 is 1.65. The Morgan fingerprint density at radius 1 is 1.13 bits per heavy atom. The first-order valence-electron chi connectivity index (χ1n) is 8.28. The predicted octanol–water partition coefficient (Wildman–Crippen LogP) is 3.55. The molecule has 1 fully saturated rings. The van der Waals surface area contributed by atoms with Gasteiger partial charge in [-0.05, 0) is 37.8 Å². The van der Waals surface area contributed by atoms with Gasteiger partial charge in [-0.15, -0.1) is 10.2 Å². The van der Waals surface area contributed by atoms with E-state index in [9.17, 15) is 0 Å². The summed E-state index contributed by atoms with van der Waals surface area (Å²) in [6, 6.07) is 10.2. The maximum atomic E-state index is 4.80. The second kappa shape index (κ2) is 8.06. The normalized spacial score (nSPS) is 15.7. The summed E-state index contributed by atoms with van der Waals surface area (Å²) in [7, 11) is 0. The lowest BCUT2D eigenvalue weighted by Crippen LogP contribution is -2.40. The van der Waals surface area contributed by atoms with Crippen LogP contribution in [0.4, 0.5) is 5.69 Å². The molecule has 6 heteroatoms. The van der Waals surface area contributed by atoms with Crippen LogP contribution in [0.3, 0.4) is 0 Å². The number of likely N-dealkylation sites (tertiary alicyclic amines) is 1. The van der Waals surface area contributed by atoms with Crippen molar-refractivity contribution in [3.8, 4) is 0 Å². The summed E-state index contributed by atoms with van der Waals surface area (Å²) in [6.45, 7) is 4.82. The highest BCUT2D eigenvalue weighted by Gasteiger charge is 2.15. The third-order valence-electron chi connectivity index (χ3n) is 3.86. The number of rotatable bonds is 4. The molecule has 0 amide bonds. The van der Waals surface area contributed by atoms with Crippen molar-refractivity contribution in [3.63, 3.8) is 0 Å². The van der Waals surface area contributed by atoms with Crippen LogP contribution in [-0.2, 0) is 13.0 Å². The molecule has 3 rings (SSSR count). The van der Waals surface area contributed by atoms with E-state index in [1.54, 1.807) is 11.3 Å². The van der Waals surface area contributed by atoms with Gasteiger partial charge >= 0.3 is 0 Å². The van der Waals surface area contributed by atoms with Gasteiger partial charge in [0.15, 0.2) is 5.96 Å². The van der Waals surface area contributed by atoms with Crippen molar-refractivity contribution in [2.24, 2.45) is 4.99 Å². The Balaban J connectivity index is 1.74. The van der Waals surface area contributed by atoms with E-state index in [0.717, 1.165) is 41.2 Å². The Bertz CT molecular complexity index is 631. The number of para-hydroxylation sites is 1. The molecule has 1 aliphatic heterocycles. The van der Waals surface area contributed by atoms with E-state index < -0.39 is 0 Å². The van der Waals surface area contributed by atoms with Crippen molar-refractivity contribution in [2.75, 3.05) is 18.4 Å². The van der Waals surface area contributed by atoms with Crippen molar-refractivity contribution < 1.29 is 0 Å². The largest absolute Gasteiger partial charge is 0.343 e. The first-order valence-corrected chi connectivity index (χ1v) is 9.09. The molecular formula is C17H23N5S. The maximum absolute atomic E-state index is 4.80. The number of hydrogen-bond donors (Lipinski definition) is 1. The highest BCUT2D eigenvalue weighted by Crippen LogP contribution is 2.15. The van der Waals surface area contributed by atoms with Gasteiger partial charge in [0.2, 0.25) is 0 Å². The van der Waals surface area contributed by atoms with Crippen LogP contribution < -0.4 is 5.32 Å². The zero-order valence-corrected chi connectivity index (χ0v) is 14.4. The molecule has 0 bridgehead atoms. The fourth-order valence-corrected chi connectivity index (χ4v) is 3.32. The van der Waals surface area contributed by atoms with Crippen LogP contribution in [0.25, 0.3) is 0 Å². The van der Waals surface area contributed by atoms with Crippen LogP contribution in [0.5, 0.6) is 0 Å². The van der Waals surface area contributed by atoms with Crippen LogP contribution in [0, 0.1) is 0 Å². The van der Waals surface area contributed by atoms with Gasteiger partial charge in [-0.3, -0.25) is 0 Å². The molecule has 1 saturated heterocycles. The molecule has 0 unspecified atom stereocenters. The molecule has 2 heterocycles. The molecule has 0 spiro atoms. The summed E-state index contributed by atoms with van der Waals surface area (Å²) in [5.41, 5.74) is 1.07. The number of aryl methyl sites for hydroxylation is 1. The summed E-state index contributed by atoms with van der Waals surface area (Å²) < 4.78 is 0. The van der Waals surface area contributed by atoms with Gasteiger partial charge in [0, 0.05) is 18.8 Å². The van der Waals surface area contributed by atoms with Crippen molar-refractivity contribution in [3.05, 3.63) is 40.3 Å². The lowest BCUT2D eigenvalue weighted by molar-refractivity contribution is 0.340.